The minimum atomic E-state index is -0.465. The van der Waals surface area contributed by atoms with E-state index < -0.39 is 6.04 Å². The van der Waals surface area contributed by atoms with E-state index in [1.54, 1.807) is 46.5 Å². The molecule has 1 amide bonds. The van der Waals surface area contributed by atoms with E-state index in [1.807, 2.05) is 24.3 Å². The summed E-state index contributed by atoms with van der Waals surface area (Å²) in [6, 6.07) is 12.2. The van der Waals surface area contributed by atoms with Crippen molar-refractivity contribution in [1.29, 1.82) is 0 Å². The maximum absolute atomic E-state index is 12.2. The fraction of sp³-hybridized carbons (Fsp3) is 0.263. The van der Waals surface area contributed by atoms with Gasteiger partial charge in [0.25, 0.3) is 5.91 Å². The molecule has 2 aromatic rings. The van der Waals surface area contributed by atoms with Crippen LogP contribution in [0.4, 0.5) is 5.69 Å². The van der Waals surface area contributed by atoms with Crippen LogP contribution in [0.5, 0.6) is 17.2 Å². The first kappa shape index (κ1) is 19.1. The van der Waals surface area contributed by atoms with E-state index in [2.05, 4.69) is 15.8 Å². The predicted octanol–water partition coefficient (Wildman–Crippen LogP) is 2.66. The number of nitrogens with zero attached hydrogens (tertiary/aromatic N) is 1. The number of nitrogens with one attached hydrogen (secondary N) is 2. The number of hydrogen-bond acceptors (Lipinski definition) is 6. The van der Waals surface area contributed by atoms with Crippen molar-refractivity contribution >= 4 is 17.8 Å². The summed E-state index contributed by atoms with van der Waals surface area (Å²) >= 11 is 0. The lowest BCUT2D eigenvalue weighted by atomic mass is 10.2. The number of benzene rings is 2. The Kier molecular flexibility index (Phi) is 6.84. The molecule has 2 rings (SSSR count). The Labute approximate surface area is 153 Å². The highest BCUT2D eigenvalue weighted by atomic mass is 16.5. The summed E-state index contributed by atoms with van der Waals surface area (Å²) in [6.45, 7) is 1.75. The molecule has 0 aliphatic heterocycles. The van der Waals surface area contributed by atoms with Gasteiger partial charge in [-0.05, 0) is 49.4 Å². The van der Waals surface area contributed by atoms with Crippen molar-refractivity contribution in [1.82, 2.24) is 5.43 Å². The van der Waals surface area contributed by atoms with Crippen LogP contribution in [0.3, 0.4) is 0 Å². The minimum Gasteiger partial charge on any atom is -0.497 e. The second kappa shape index (κ2) is 9.31. The number of hydrazone groups is 1. The largest absolute Gasteiger partial charge is 0.497 e. The Bertz CT molecular complexity index is 760. The smallest absolute Gasteiger partial charge is 0.262 e. The standard InChI is InChI=1S/C19H23N3O4/c1-13(21-15-5-7-16(24-2)8-6-15)19(23)22-20-12-14-11-17(25-3)9-10-18(14)26-4/h5-13,21H,1-4H3,(H,22,23)/b20-12-/t13-/m0/s1. The van der Waals surface area contributed by atoms with Crippen molar-refractivity contribution < 1.29 is 19.0 Å². The summed E-state index contributed by atoms with van der Waals surface area (Å²) in [7, 11) is 4.75. The molecule has 0 saturated carbocycles. The van der Waals surface area contributed by atoms with E-state index in [0.29, 0.717) is 17.1 Å². The van der Waals surface area contributed by atoms with Crippen LogP contribution >= 0.6 is 0 Å². The highest BCUT2D eigenvalue weighted by Crippen LogP contribution is 2.22. The molecule has 0 heterocycles. The molecule has 0 aliphatic carbocycles. The third-order valence-electron chi connectivity index (χ3n) is 3.68. The van der Waals surface area contributed by atoms with Gasteiger partial charge in [-0.15, -0.1) is 0 Å². The number of carbonyl (C=O) groups is 1. The van der Waals surface area contributed by atoms with E-state index >= 15 is 0 Å². The fourth-order valence-electron chi connectivity index (χ4n) is 2.21. The summed E-state index contributed by atoms with van der Waals surface area (Å²) in [6.07, 6.45) is 1.51. The first-order valence-corrected chi connectivity index (χ1v) is 8.03. The molecule has 0 fully saturated rings. The number of anilines is 1. The topological polar surface area (TPSA) is 81.2 Å². The number of rotatable bonds is 8. The molecule has 1 atom stereocenters. The summed E-state index contributed by atoms with van der Waals surface area (Å²) in [5, 5.41) is 7.09. The van der Waals surface area contributed by atoms with Crippen molar-refractivity contribution in [2.45, 2.75) is 13.0 Å². The van der Waals surface area contributed by atoms with Gasteiger partial charge in [-0.1, -0.05) is 0 Å². The average molecular weight is 357 g/mol. The molecule has 0 spiro atoms. The first-order valence-electron chi connectivity index (χ1n) is 8.03. The Morgan fingerprint density at radius 2 is 1.65 bits per heavy atom. The summed E-state index contributed by atoms with van der Waals surface area (Å²) in [5.41, 5.74) is 4.02. The van der Waals surface area contributed by atoms with Gasteiger partial charge in [-0.25, -0.2) is 5.43 Å². The molecule has 26 heavy (non-hydrogen) atoms. The molecule has 7 nitrogen and oxygen atoms in total. The van der Waals surface area contributed by atoms with Crippen LogP contribution in [0, 0.1) is 0 Å². The fourth-order valence-corrected chi connectivity index (χ4v) is 2.21. The monoisotopic (exact) mass is 357 g/mol. The van der Waals surface area contributed by atoms with Crippen molar-refractivity contribution in [2.75, 3.05) is 26.6 Å². The molecule has 0 aliphatic rings. The highest BCUT2D eigenvalue weighted by molar-refractivity contribution is 5.88. The molecule has 138 valence electrons. The molecule has 0 radical (unpaired) electrons. The van der Waals surface area contributed by atoms with Crippen molar-refractivity contribution in [2.24, 2.45) is 5.10 Å². The van der Waals surface area contributed by atoms with E-state index in [1.165, 1.54) is 6.21 Å². The highest BCUT2D eigenvalue weighted by Gasteiger charge is 2.12. The zero-order valence-corrected chi connectivity index (χ0v) is 15.3. The molecule has 7 heteroatoms. The van der Waals surface area contributed by atoms with Gasteiger partial charge in [-0.2, -0.15) is 5.10 Å². The van der Waals surface area contributed by atoms with Crippen LogP contribution in [-0.2, 0) is 4.79 Å². The third-order valence-corrected chi connectivity index (χ3v) is 3.68. The molecule has 0 unspecified atom stereocenters. The van der Waals surface area contributed by atoms with Crippen LogP contribution in [0.15, 0.2) is 47.6 Å². The van der Waals surface area contributed by atoms with E-state index in [4.69, 9.17) is 14.2 Å². The maximum atomic E-state index is 12.2. The summed E-state index contributed by atoms with van der Waals surface area (Å²) < 4.78 is 15.6. The third kappa shape index (κ3) is 5.14. The average Bonchev–Trinajstić information content (AvgIpc) is 2.68. The van der Waals surface area contributed by atoms with Crippen LogP contribution in [0.25, 0.3) is 0 Å². The molecule has 2 aromatic carbocycles. The Hall–Kier alpha value is -3.22. The van der Waals surface area contributed by atoms with Gasteiger partial charge in [-0.3, -0.25) is 4.79 Å². The zero-order valence-electron chi connectivity index (χ0n) is 15.3. The number of carbonyl (C=O) groups excluding carboxylic acids is 1. The quantitative estimate of drug-likeness (QED) is 0.561. The Morgan fingerprint density at radius 1 is 1.00 bits per heavy atom. The van der Waals surface area contributed by atoms with E-state index in [9.17, 15) is 4.79 Å². The number of amides is 1. The lowest BCUT2D eigenvalue weighted by molar-refractivity contribution is -0.121. The number of ether oxygens (including phenoxy) is 3. The van der Waals surface area contributed by atoms with Crippen LogP contribution in [0.2, 0.25) is 0 Å². The Balaban J connectivity index is 1.95. The number of methoxy groups -OCH3 is 3. The van der Waals surface area contributed by atoms with Gasteiger partial charge >= 0.3 is 0 Å². The zero-order chi connectivity index (χ0) is 18.9. The summed E-state index contributed by atoms with van der Waals surface area (Å²) in [5.74, 6) is 1.80. The van der Waals surface area contributed by atoms with Crippen LogP contribution < -0.4 is 25.0 Å². The second-order valence-corrected chi connectivity index (χ2v) is 5.44. The predicted molar refractivity (Wildman–Crippen MR) is 101 cm³/mol. The second-order valence-electron chi connectivity index (χ2n) is 5.44. The maximum Gasteiger partial charge on any atom is 0.262 e. The molecular weight excluding hydrogens is 334 g/mol. The minimum absolute atomic E-state index is 0.265. The number of hydrogen-bond donors (Lipinski definition) is 2. The van der Waals surface area contributed by atoms with Gasteiger partial charge in [0.05, 0.1) is 27.5 Å². The van der Waals surface area contributed by atoms with Crippen molar-refractivity contribution in [3.63, 3.8) is 0 Å². The SMILES string of the molecule is COc1ccc(N[C@@H](C)C(=O)N/N=C\c2cc(OC)ccc2OC)cc1. The van der Waals surface area contributed by atoms with E-state index in [-0.39, 0.29) is 5.91 Å². The van der Waals surface area contributed by atoms with Crippen LogP contribution in [-0.4, -0.2) is 39.5 Å². The van der Waals surface area contributed by atoms with Gasteiger partial charge in [0.1, 0.15) is 23.3 Å². The van der Waals surface area contributed by atoms with Gasteiger partial charge in [0, 0.05) is 11.3 Å². The molecular formula is C19H23N3O4. The van der Waals surface area contributed by atoms with Crippen LogP contribution in [0.1, 0.15) is 12.5 Å². The van der Waals surface area contributed by atoms with Crippen molar-refractivity contribution in [3.05, 3.63) is 48.0 Å². The van der Waals surface area contributed by atoms with Gasteiger partial charge < -0.3 is 19.5 Å². The van der Waals surface area contributed by atoms with E-state index in [0.717, 1.165) is 11.4 Å². The normalized spacial score (nSPS) is 11.7. The first-order chi connectivity index (χ1) is 12.6. The molecule has 0 saturated heterocycles. The lowest BCUT2D eigenvalue weighted by Crippen LogP contribution is -2.34. The van der Waals surface area contributed by atoms with Gasteiger partial charge in [0.2, 0.25) is 0 Å². The lowest BCUT2D eigenvalue weighted by Gasteiger charge is -2.13. The molecule has 0 bridgehead atoms. The molecule has 2 N–H and O–H groups in total. The molecule has 0 aromatic heterocycles. The van der Waals surface area contributed by atoms with Gasteiger partial charge in [0.15, 0.2) is 0 Å². The Morgan fingerprint density at radius 3 is 2.27 bits per heavy atom. The summed E-state index contributed by atoms with van der Waals surface area (Å²) in [4.78, 5) is 12.2. The van der Waals surface area contributed by atoms with Crippen molar-refractivity contribution in [3.8, 4) is 17.2 Å².